The highest BCUT2D eigenvalue weighted by molar-refractivity contribution is 9.10. The molecule has 1 N–H and O–H groups in total. The highest BCUT2D eigenvalue weighted by Gasteiger charge is 2.29. The van der Waals surface area contributed by atoms with Crippen LogP contribution in [0.15, 0.2) is 46.4 Å². The third-order valence-corrected chi connectivity index (χ3v) is 5.38. The fourth-order valence-corrected chi connectivity index (χ4v) is 3.69. The molecule has 0 bridgehead atoms. The van der Waals surface area contributed by atoms with Crippen LogP contribution in [-0.4, -0.2) is 45.2 Å². The molecule has 1 saturated heterocycles. The molecule has 1 aliphatic rings. The molecule has 128 valence electrons. The number of nitrogens with one attached hydrogen (secondary N) is 1. The molecule has 6 nitrogen and oxygen atoms in total. The van der Waals surface area contributed by atoms with Gasteiger partial charge in [0.05, 0.1) is 17.1 Å². The number of carbonyl (C=O) groups is 1. The zero-order chi connectivity index (χ0) is 17.2. The van der Waals surface area contributed by atoms with Gasteiger partial charge in [0.1, 0.15) is 6.10 Å². The van der Waals surface area contributed by atoms with Gasteiger partial charge in [-0.3, -0.25) is 9.89 Å². The summed E-state index contributed by atoms with van der Waals surface area (Å²) in [5.74, 6) is 0.496. The van der Waals surface area contributed by atoms with Crippen LogP contribution in [0.3, 0.4) is 0 Å². The van der Waals surface area contributed by atoms with Crippen molar-refractivity contribution in [3.8, 4) is 16.5 Å². The Morgan fingerprint density at radius 3 is 3.08 bits per heavy atom. The third-order valence-electron chi connectivity index (χ3n) is 4.00. The first-order valence-corrected chi connectivity index (χ1v) is 9.53. The lowest BCUT2D eigenvalue weighted by Gasteiger charge is -2.15. The second kappa shape index (κ2) is 6.97. The standard InChI is InChI=1S/C17H15BrN4O2S/c18-11-3-4-16(19-9-11)24-12-5-6-22(10-12)17(23)14-8-13(20-21-14)15-2-1-7-25-15/h1-4,7-9,12H,5-6,10H2,(H,20,21). The minimum atomic E-state index is -0.0751. The van der Waals surface area contributed by atoms with Crippen LogP contribution >= 0.6 is 27.3 Å². The summed E-state index contributed by atoms with van der Waals surface area (Å²) >= 11 is 4.96. The molecular formula is C17H15BrN4O2S. The van der Waals surface area contributed by atoms with E-state index in [4.69, 9.17) is 4.74 Å². The van der Waals surface area contributed by atoms with E-state index in [9.17, 15) is 4.79 Å². The van der Waals surface area contributed by atoms with Crippen LogP contribution < -0.4 is 4.74 Å². The molecule has 3 aromatic heterocycles. The van der Waals surface area contributed by atoms with Crippen LogP contribution in [0.1, 0.15) is 16.9 Å². The fraction of sp³-hybridized carbons (Fsp3) is 0.235. The Balaban J connectivity index is 1.39. The first-order valence-electron chi connectivity index (χ1n) is 7.86. The molecule has 1 aliphatic heterocycles. The lowest BCUT2D eigenvalue weighted by atomic mass is 10.3. The van der Waals surface area contributed by atoms with Crippen LogP contribution in [0.25, 0.3) is 10.6 Å². The van der Waals surface area contributed by atoms with Crippen LogP contribution in [-0.2, 0) is 0 Å². The first-order chi connectivity index (χ1) is 12.2. The van der Waals surface area contributed by atoms with Gasteiger partial charge in [-0.15, -0.1) is 11.3 Å². The van der Waals surface area contributed by atoms with E-state index in [-0.39, 0.29) is 12.0 Å². The van der Waals surface area contributed by atoms with E-state index in [1.807, 2.05) is 29.6 Å². The van der Waals surface area contributed by atoms with Crippen molar-refractivity contribution in [2.75, 3.05) is 13.1 Å². The number of hydrogen-bond donors (Lipinski definition) is 1. The van der Waals surface area contributed by atoms with Gasteiger partial charge in [-0.25, -0.2) is 4.98 Å². The highest BCUT2D eigenvalue weighted by Crippen LogP contribution is 2.24. The van der Waals surface area contributed by atoms with Crippen molar-refractivity contribution in [1.29, 1.82) is 0 Å². The zero-order valence-electron chi connectivity index (χ0n) is 13.2. The Kier molecular flexibility index (Phi) is 4.54. The van der Waals surface area contributed by atoms with Gasteiger partial charge in [0.25, 0.3) is 5.91 Å². The molecule has 8 heteroatoms. The number of hydrogen-bond acceptors (Lipinski definition) is 5. The average Bonchev–Trinajstić information content (AvgIpc) is 3.37. The van der Waals surface area contributed by atoms with Crippen molar-refractivity contribution < 1.29 is 9.53 Å². The highest BCUT2D eigenvalue weighted by atomic mass is 79.9. The summed E-state index contributed by atoms with van der Waals surface area (Å²) in [5, 5.41) is 9.10. The SMILES string of the molecule is O=C(c1cc(-c2cccs2)[nH]n1)N1CCC(Oc2ccc(Br)cn2)C1. The zero-order valence-corrected chi connectivity index (χ0v) is 15.6. The Bertz CT molecular complexity index is 863. The lowest BCUT2D eigenvalue weighted by Crippen LogP contribution is -2.31. The van der Waals surface area contributed by atoms with Gasteiger partial charge in [0.15, 0.2) is 5.69 Å². The maximum atomic E-state index is 12.6. The monoisotopic (exact) mass is 418 g/mol. The first kappa shape index (κ1) is 16.3. The second-order valence-electron chi connectivity index (χ2n) is 5.74. The third kappa shape index (κ3) is 3.59. The van der Waals surface area contributed by atoms with Crippen molar-refractivity contribution in [2.24, 2.45) is 0 Å². The summed E-state index contributed by atoms with van der Waals surface area (Å²) in [5.41, 5.74) is 1.30. The molecule has 1 amide bonds. The van der Waals surface area contributed by atoms with Crippen molar-refractivity contribution in [3.63, 3.8) is 0 Å². The number of H-pyrrole nitrogens is 1. The maximum Gasteiger partial charge on any atom is 0.274 e. The molecule has 0 saturated carbocycles. The van der Waals surface area contributed by atoms with Gasteiger partial charge in [-0.1, -0.05) is 6.07 Å². The number of pyridine rings is 1. The summed E-state index contributed by atoms with van der Waals surface area (Å²) in [7, 11) is 0. The predicted molar refractivity (Wildman–Crippen MR) is 98.8 cm³/mol. The summed E-state index contributed by atoms with van der Waals surface area (Å²) in [6.45, 7) is 1.19. The minimum absolute atomic E-state index is 0.0478. The molecule has 1 atom stereocenters. The number of likely N-dealkylation sites (tertiary alicyclic amines) is 1. The number of halogens is 1. The molecule has 4 rings (SSSR count). The van der Waals surface area contributed by atoms with Gasteiger partial charge in [-0.2, -0.15) is 5.10 Å². The molecule has 1 fully saturated rings. The van der Waals surface area contributed by atoms with Crippen molar-refractivity contribution >= 4 is 33.2 Å². The number of carbonyl (C=O) groups excluding carboxylic acids is 1. The molecule has 25 heavy (non-hydrogen) atoms. The summed E-state index contributed by atoms with van der Waals surface area (Å²) in [6, 6.07) is 9.47. The molecule has 0 aromatic carbocycles. The van der Waals surface area contributed by atoms with Crippen LogP contribution in [0.2, 0.25) is 0 Å². The lowest BCUT2D eigenvalue weighted by molar-refractivity contribution is 0.0765. The number of aromatic amines is 1. The second-order valence-corrected chi connectivity index (χ2v) is 7.60. The topological polar surface area (TPSA) is 71.1 Å². The normalized spacial score (nSPS) is 17.0. The van der Waals surface area contributed by atoms with Gasteiger partial charge >= 0.3 is 0 Å². The smallest absolute Gasteiger partial charge is 0.274 e. The number of aromatic nitrogens is 3. The average molecular weight is 419 g/mol. The minimum Gasteiger partial charge on any atom is -0.472 e. The van der Waals surface area contributed by atoms with E-state index < -0.39 is 0 Å². The molecule has 4 heterocycles. The van der Waals surface area contributed by atoms with E-state index >= 15 is 0 Å². The molecule has 0 spiro atoms. The van der Waals surface area contributed by atoms with Gasteiger partial charge in [0, 0.05) is 29.7 Å². The van der Waals surface area contributed by atoms with Crippen molar-refractivity contribution in [2.45, 2.75) is 12.5 Å². The Morgan fingerprint density at radius 1 is 1.40 bits per heavy atom. The summed E-state index contributed by atoms with van der Waals surface area (Å²) in [6.07, 6.45) is 2.43. The number of thiophene rings is 1. The predicted octanol–water partition coefficient (Wildman–Crippen LogP) is 3.59. The maximum absolute atomic E-state index is 12.6. The van der Waals surface area contributed by atoms with E-state index in [0.29, 0.717) is 24.7 Å². The molecule has 0 aliphatic carbocycles. The Morgan fingerprint density at radius 2 is 2.32 bits per heavy atom. The Hall–Kier alpha value is -2.19. The van der Waals surface area contributed by atoms with E-state index in [1.54, 1.807) is 28.5 Å². The summed E-state index contributed by atoms with van der Waals surface area (Å²) in [4.78, 5) is 19.7. The van der Waals surface area contributed by atoms with Crippen molar-refractivity contribution in [3.05, 3.63) is 52.1 Å². The molecular weight excluding hydrogens is 404 g/mol. The number of amides is 1. The largest absolute Gasteiger partial charge is 0.472 e. The van der Waals surface area contributed by atoms with Gasteiger partial charge in [0.2, 0.25) is 5.88 Å². The molecule has 1 unspecified atom stereocenters. The van der Waals surface area contributed by atoms with Crippen LogP contribution in [0, 0.1) is 0 Å². The van der Waals surface area contributed by atoms with Gasteiger partial charge in [-0.05, 0) is 39.5 Å². The molecule has 0 radical (unpaired) electrons. The number of rotatable bonds is 4. The molecule has 3 aromatic rings. The number of nitrogens with zero attached hydrogens (tertiary/aromatic N) is 3. The van der Waals surface area contributed by atoms with Crippen LogP contribution in [0.5, 0.6) is 5.88 Å². The number of ether oxygens (including phenoxy) is 1. The van der Waals surface area contributed by atoms with Crippen LogP contribution in [0.4, 0.5) is 0 Å². The quantitative estimate of drug-likeness (QED) is 0.702. The van der Waals surface area contributed by atoms with E-state index in [1.165, 1.54) is 0 Å². The Labute approximate surface area is 157 Å². The van der Waals surface area contributed by atoms with E-state index in [0.717, 1.165) is 21.5 Å². The van der Waals surface area contributed by atoms with Gasteiger partial charge < -0.3 is 9.64 Å². The summed E-state index contributed by atoms with van der Waals surface area (Å²) < 4.78 is 6.76. The van der Waals surface area contributed by atoms with E-state index in [2.05, 4.69) is 31.1 Å². The fourth-order valence-electron chi connectivity index (χ4n) is 2.76. The van der Waals surface area contributed by atoms with Crippen molar-refractivity contribution in [1.82, 2.24) is 20.1 Å².